The van der Waals surface area contributed by atoms with E-state index in [4.69, 9.17) is 16.4 Å². The van der Waals surface area contributed by atoms with Crippen molar-refractivity contribution in [1.82, 2.24) is 10.3 Å². The molecule has 5 nitrogen and oxygen atoms in total. The van der Waals surface area contributed by atoms with E-state index in [0.717, 1.165) is 0 Å². The maximum absolute atomic E-state index is 14.2. The summed E-state index contributed by atoms with van der Waals surface area (Å²) in [6.07, 6.45) is -16.2. The molecular weight excluding hydrogens is 557 g/mol. The van der Waals surface area contributed by atoms with Gasteiger partial charge in [-0.05, 0) is 55.2 Å². The Morgan fingerprint density at radius 3 is 2.26 bits per heavy atom. The van der Waals surface area contributed by atoms with Crippen LogP contribution in [-0.4, -0.2) is 35.0 Å². The second-order valence-electron chi connectivity index (χ2n) is 9.09. The molecule has 0 unspecified atom stereocenters. The Bertz CT molecular complexity index is 1280. The van der Waals surface area contributed by atoms with Gasteiger partial charge in [-0.2, -0.15) is 39.5 Å². The Balaban J connectivity index is 1.55. The lowest BCUT2D eigenvalue weighted by atomic mass is 9.79. The van der Waals surface area contributed by atoms with E-state index < -0.39 is 64.8 Å². The van der Waals surface area contributed by atoms with Crippen molar-refractivity contribution in [2.75, 3.05) is 0 Å². The van der Waals surface area contributed by atoms with Crippen molar-refractivity contribution in [3.8, 4) is 0 Å². The molecule has 2 aliphatic rings. The molecular formula is C23H17ClF9N3O2. The minimum absolute atomic E-state index is 0.0807. The molecule has 1 N–H and O–H groups in total. The molecule has 0 saturated heterocycles. The molecule has 15 heteroatoms. The Morgan fingerprint density at radius 1 is 1.05 bits per heavy atom. The van der Waals surface area contributed by atoms with Crippen LogP contribution in [0, 0.1) is 12.8 Å². The van der Waals surface area contributed by atoms with Gasteiger partial charge in [0, 0.05) is 16.6 Å². The zero-order valence-corrected chi connectivity index (χ0v) is 19.9. The summed E-state index contributed by atoms with van der Waals surface area (Å²) in [7, 11) is 0. The summed E-state index contributed by atoms with van der Waals surface area (Å²) in [4.78, 5) is 20.3. The minimum Gasteiger partial charge on any atom is -0.372 e. The van der Waals surface area contributed by atoms with Crippen LogP contribution in [0.3, 0.4) is 0 Å². The van der Waals surface area contributed by atoms with Crippen molar-refractivity contribution in [3.05, 3.63) is 63.4 Å². The van der Waals surface area contributed by atoms with Gasteiger partial charge >= 0.3 is 18.5 Å². The molecule has 1 aliphatic carbocycles. The number of carbonyl (C=O) groups is 1. The van der Waals surface area contributed by atoms with Gasteiger partial charge < -0.3 is 10.2 Å². The van der Waals surface area contributed by atoms with E-state index in [1.165, 1.54) is 25.1 Å². The van der Waals surface area contributed by atoms with E-state index in [9.17, 15) is 44.3 Å². The number of carbonyl (C=O) groups excluding carboxylic acids is 1. The van der Waals surface area contributed by atoms with Crippen molar-refractivity contribution in [1.29, 1.82) is 0 Å². The number of aromatic nitrogens is 1. The van der Waals surface area contributed by atoms with Gasteiger partial charge in [-0.15, -0.1) is 0 Å². The molecule has 1 fully saturated rings. The third-order valence-electron chi connectivity index (χ3n) is 6.42. The third-order valence-corrected chi connectivity index (χ3v) is 6.64. The maximum Gasteiger partial charge on any atom is 0.437 e. The summed E-state index contributed by atoms with van der Waals surface area (Å²) < 4.78 is 120. The van der Waals surface area contributed by atoms with Gasteiger partial charge in [0.05, 0.1) is 23.7 Å². The Labute approximate surface area is 214 Å². The maximum atomic E-state index is 14.2. The number of alkyl halides is 9. The molecule has 0 bridgehead atoms. The van der Waals surface area contributed by atoms with Crippen LogP contribution < -0.4 is 5.32 Å². The van der Waals surface area contributed by atoms with E-state index in [2.05, 4.69) is 15.5 Å². The first-order valence-electron chi connectivity index (χ1n) is 11.0. The lowest BCUT2D eigenvalue weighted by Crippen LogP contribution is -2.49. The van der Waals surface area contributed by atoms with Crippen LogP contribution in [0.15, 0.2) is 35.5 Å². The molecule has 1 aromatic carbocycles. The third kappa shape index (κ3) is 5.27. The SMILES string of the molecule is Cc1cc(C2=NO[C@@](c3cc(Cl)cc(C(F)(F)F)n3)(C(F)(F)F)C2)ccc1C(=O)NC1CC(C(F)(F)F)C1. The van der Waals surface area contributed by atoms with E-state index in [0.29, 0.717) is 12.1 Å². The zero-order chi connectivity index (χ0) is 28.3. The van der Waals surface area contributed by atoms with Crippen LogP contribution in [0.1, 0.15) is 52.1 Å². The molecule has 1 saturated carbocycles. The number of amides is 1. The quantitative estimate of drug-likeness (QED) is 0.413. The van der Waals surface area contributed by atoms with Crippen molar-refractivity contribution in [3.63, 3.8) is 0 Å². The summed E-state index contributed by atoms with van der Waals surface area (Å²) in [6, 6.07) is 4.16. The van der Waals surface area contributed by atoms with Gasteiger partial charge in [0.2, 0.25) is 0 Å². The molecule has 0 spiro atoms. The molecule has 206 valence electrons. The monoisotopic (exact) mass is 573 g/mol. The van der Waals surface area contributed by atoms with Gasteiger partial charge in [0.15, 0.2) is 0 Å². The Kier molecular flexibility index (Phi) is 6.86. The molecule has 2 heterocycles. The normalized spacial score (nSPS) is 23.9. The van der Waals surface area contributed by atoms with Gasteiger partial charge in [-0.3, -0.25) is 4.79 Å². The molecule has 1 aromatic heterocycles. The molecule has 2 aromatic rings. The number of hydrogen-bond donors (Lipinski definition) is 1. The van der Waals surface area contributed by atoms with Crippen molar-refractivity contribution < 1.29 is 49.1 Å². The molecule has 1 atom stereocenters. The first kappa shape index (κ1) is 28.0. The summed E-state index contributed by atoms with van der Waals surface area (Å²) in [6.45, 7) is 1.46. The van der Waals surface area contributed by atoms with Crippen LogP contribution in [-0.2, 0) is 16.6 Å². The van der Waals surface area contributed by atoms with E-state index >= 15 is 0 Å². The van der Waals surface area contributed by atoms with Crippen LogP contribution in [0.25, 0.3) is 0 Å². The van der Waals surface area contributed by atoms with Crippen molar-refractivity contribution in [2.45, 2.75) is 56.4 Å². The predicted octanol–water partition coefficient (Wildman–Crippen LogP) is 6.72. The average Bonchev–Trinajstić information content (AvgIpc) is 3.21. The second-order valence-corrected chi connectivity index (χ2v) is 9.53. The van der Waals surface area contributed by atoms with Crippen LogP contribution in [0.4, 0.5) is 39.5 Å². The highest BCUT2D eigenvalue weighted by Gasteiger charge is 2.64. The topological polar surface area (TPSA) is 63.6 Å². The molecule has 1 aliphatic heterocycles. The van der Waals surface area contributed by atoms with Crippen LogP contribution >= 0.6 is 11.6 Å². The highest BCUT2D eigenvalue weighted by atomic mass is 35.5. The van der Waals surface area contributed by atoms with E-state index in [1.54, 1.807) is 0 Å². The highest BCUT2D eigenvalue weighted by Crippen LogP contribution is 2.49. The average molecular weight is 574 g/mol. The van der Waals surface area contributed by atoms with Gasteiger partial charge in [-0.1, -0.05) is 22.8 Å². The van der Waals surface area contributed by atoms with Gasteiger partial charge in [0.1, 0.15) is 5.69 Å². The number of oxime groups is 1. The highest BCUT2D eigenvalue weighted by molar-refractivity contribution is 6.30. The van der Waals surface area contributed by atoms with E-state index in [-0.39, 0.29) is 35.2 Å². The summed E-state index contributed by atoms with van der Waals surface area (Å²) >= 11 is 5.65. The summed E-state index contributed by atoms with van der Waals surface area (Å²) in [5.74, 6) is -2.15. The van der Waals surface area contributed by atoms with Crippen LogP contribution in [0.2, 0.25) is 5.02 Å². The van der Waals surface area contributed by atoms with Crippen LogP contribution in [0.5, 0.6) is 0 Å². The molecule has 38 heavy (non-hydrogen) atoms. The lowest BCUT2D eigenvalue weighted by molar-refractivity contribution is -0.277. The molecule has 4 rings (SSSR count). The number of nitrogens with one attached hydrogen (secondary N) is 1. The summed E-state index contributed by atoms with van der Waals surface area (Å²) in [5.41, 5.74) is -5.95. The fourth-order valence-electron chi connectivity index (χ4n) is 4.24. The number of pyridine rings is 1. The van der Waals surface area contributed by atoms with Gasteiger partial charge in [-0.25, -0.2) is 4.98 Å². The number of benzene rings is 1. The van der Waals surface area contributed by atoms with Crippen molar-refractivity contribution >= 4 is 23.2 Å². The molecule has 1 amide bonds. The number of rotatable bonds is 4. The lowest BCUT2D eigenvalue weighted by Gasteiger charge is -2.36. The second kappa shape index (κ2) is 9.31. The molecule has 0 radical (unpaired) electrons. The Morgan fingerprint density at radius 2 is 1.71 bits per heavy atom. The largest absolute Gasteiger partial charge is 0.437 e. The number of halogens is 10. The first-order valence-corrected chi connectivity index (χ1v) is 11.3. The zero-order valence-electron chi connectivity index (χ0n) is 19.2. The van der Waals surface area contributed by atoms with E-state index in [1.807, 2.05) is 0 Å². The number of nitrogens with zero attached hydrogens (tertiary/aromatic N) is 2. The predicted molar refractivity (Wildman–Crippen MR) is 115 cm³/mol. The standard InChI is InChI=1S/C23H17ClF9N3O2/c1-10-4-11(2-3-15(10)19(37)34-14-5-12(6-14)21(25,26)27)16-9-20(38-36-16,23(31,32)33)17-7-13(24)8-18(35-17)22(28,29)30/h2-4,7-8,12,14H,5-6,9H2,1H3,(H,34,37)/t12?,14?,20-/m0/s1. The van der Waals surface area contributed by atoms with Gasteiger partial charge in [0.25, 0.3) is 11.5 Å². The number of hydrogen-bond acceptors (Lipinski definition) is 4. The fourth-order valence-corrected chi connectivity index (χ4v) is 4.44. The fraction of sp³-hybridized carbons (Fsp3) is 0.435. The summed E-state index contributed by atoms with van der Waals surface area (Å²) in [5, 5.41) is 5.32. The Hall–Kier alpha value is -3.03. The van der Waals surface area contributed by atoms with Crippen molar-refractivity contribution in [2.24, 2.45) is 11.1 Å². The minimum atomic E-state index is -5.25. The first-order chi connectivity index (χ1) is 17.4. The smallest absolute Gasteiger partial charge is 0.372 e. The number of aryl methyl sites for hydroxylation is 1.